The smallest absolute Gasteiger partial charge is 0.414 e. The Hall–Kier alpha value is -3.54. The number of nitrogens with zero attached hydrogens (tertiary/aromatic N) is 2. The fourth-order valence-corrected chi connectivity index (χ4v) is 2.75. The van der Waals surface area contributed by atoms with Gasteiger partial charge in [0.1, 0.15) is 11.5 Å². The zero-order chi connectivity index (χ0) is 24.1. The van der Waals surface area contributed by atoms with Crippen molar-refractivity contribution in [2.75, 3.05) is 58.9 Å². The van der Waals surface area contributed by atoms with Gasteiger partial charge in [0, 0.05) is 45.2 Å². The molecule has 2 rings (SSSR count). The lowest BCUT2D eigenvalue weighted by Crippen LogP contribution is -2.49. The van der Waals surface area contributed by atoms with E-state index in [0.29, 0.717) is 49.8 Å². The summed E-state index contributed by atoms with van der Waals surface area (Å²) in [5, 5.41) is 17.6. The number of hydrogen-bond donors (Lipinski definition) is 3. The van der Waals surface area contributed by atoms with Gasteiger partial charge in [-0.15, -0.1) is 0 Å². The summed E-state index contributed by atoms with van der Waals surface area (Å²) in [5.41, 5.74) is 0.587. The summed E-state index contributed by atoms with van der Waals surface area (Å²) in [6, 6.07) is 5.26. The molecule has 0 saturated carbocycles. The monoisotopic (exact) mass is 455 g/mol. The van der Waals surface area contributed by atoms with Gasteiger partial charge in [-0.3, -0.25) is 9.69 Å². The molecule has 1 fully saturated rings. The van der Waals surface area contributed by atoms with Crippen molar-refractivity contribution in [1.29, 1.82) is 0 Å². The van der Waals surface area contributed by atoms with E-state index in [1.807, 2.05) is 0 Å². The molecule has 0 unspecified atom stereocenters. The minimum Gasteiger partial charge on any atom is -0.497 e. The van der Waals surface area contributed by atoms with Crippen molar-refractivity contribution in [1.82, 2.24) is 9.80 Å². The number of carboxylic acids is 2. The number of nitrogens with one attached hydrogen (secondary N) is 1. The standard InChI is InChI=1S/C18H27N3O5.C2H2O4/c1-4-26-18(23)21-11-9-20(10-12-21)8-7-17(22)19-15-13-14(24-2)5-6-16(15)25-3;3-1(4)2(5)6/h5-6,13H,4,7-12H2,1-3H3,(H,19,22);(H,3,4)(H,5,6). The molecule has 1 saturated heterocycles. The molecule has 12 nitrogen and oxygen atoms in total. The van der Waals surface area contributed by atoms with E-state index in [2.05, 4.69) is 10.2 Å². The molecule has 1 aromatic carbocycles. The van der Waals surface area contributed by atoms with Crippen molar-refractivity contribution >= 4 is 29.6 Å². The van der Waals surface area contributed by atoms with Crippen LogP contribution in [0.4, 0.5) is 10.5 Å². The molecule has 0 bridgehead atoms. The summed E-state index contributed by atoms with van der Waals surface area (Å²) < 4.78 is 15.4. The summed E-state index contributed by atoms with van der Waals surface area (Å²) in [6.07, 6.45) is 0.0924. The molecule has 1 heterocycles. The van der Waals surface area contributed by atoms with Crippen LogP contribution in [0.5, 0.6) is 11.5 Å². The van der Waals surface area contributed by atoms with E-state index in [-0.39, 0.29) is 12.0 Å². The summed E-state index contributed by atoms with van der Waals surface area (Å²) >= 11 is 0. The summed E-state index contributed by atoms with van der Waals surface area (Å²) in [5.74, 6) is -2.51. The van der Waals surface area contributed by atoms with Gasteiger partial charge in [-0.05, 0) is 19.1 Å². The largest absolute Gasteiger partial charge is 0.497 e. The number of carbonyl (C=O) groups excluding carboxylic acids is 2. The molecule has 0 aliphatic carbocycles. The molecule has 0 atom stereocenters. The molecule has 2 amide bonds. The second-order valence-corrected chi connectivity index (χ2v) is 6.50. The van der Waals surface area contributed by atoms with Crippen molar-refractivity contribution in [3.63, 3.8) is 0 Å². The first kappa shape index (κ1) is 26.5. The van der Waals surface area contributed by atoms with Crippen LogP contribution in [0.25, 0.3) is 0 Å². The van der Waals surface area contributed by atoms with Crippen molar-refractivity contribution in [2.45, 2.75) is 13.3 Å². The average Bonchev–Trinajstić information content (AvgIpc) is 2.78. The molecule has 0 aromatic heterocycles. The van der Waals surface area contributed by atoms with Gasteiger partial charge in [0.2, 0.25) is 5.91 Å². The van der Waals surface area contributed by atoms with Gasteiger partial charge < -0.3 is 34.6 Å². The zero-order valence-electron chi connectivity index (χ0n) is 18.3. The normalized spacial score (nSPS) is 13.3. The number of rotatable bonds is 7. The van der Waals surface area contributed by atoms with Gasteiger partial charge in [0.25, 0.3) is 0 Å². The van der Waals surface area contributed by atoms with E-state index < -0.39 is 11.9 Å². The third kappa shape index (κ3) is 9.08. The summed E-state index contributed by atoms with van der Waals surface area (Å²) in [4.78, 5) is 46.0. The van der Waals surface area contributed by atoms with Crippen molar-refractivity contribution < 1.29 is 43.6 Å². The molecule has 178 valence electrons. The maximum Gasteiger partial charge on any atom is 0.414 e. The van der Waals surface area contributed by atoms with Crippen LogP contribution in [0, 0.1) is 0 Å². The Morgan fingerprint density at radius 3 is 2.12 bits per heavy atom. The van der Waals surface area contributed by atoms with Crippen LogP contribution in [0.3, 0.4) is 0 Å². The van der Waals surface area contributed by atoms with Crippen molar-refractivity contribution in [2.24, 2.45) is 0 Å². The number of carboxylic acid groups (broad SMARTS) is 2. The van der Waals surface area contributed by atoms with Gasteiger partial charge in [-0.25, -0.2) is 14.4 Å². The molecule has 1 aliphatic rings. The van der Waals surface area contributed by atoms with E-state index in [1.54, 1.807) is 44.2 Å². The third-order valence-electron chi connectivity index (χ3n) is 4.42. The van der Waals surface area contributed by atoms with Crippen molar-refractivity contribution in [3.8, 4) is 11.5 Å². The highest BCUT2D eigenvalue weighted by atomic mass is 16.6. The maximum absolute atomic E-state index is 12.3. The Kier molecular flexibility index (Phi) is 11.3. The predicted molar refractivity (Wildman–Crippen MR) is 113 cm³/mol. The minimum atomic E-state index is -1.82. The first-order valence-electron chi connectivity index (χ1n) is 9.83. The van der Waals surface area contributed by atoms with Crippen LogP contribution in [-0.4, -0.2) is 97.5 Å². The quantitative estimate of drug-likeness (QED) is 0.506. The topological polar surface area (TPSA) is 155 Å². The number of ether oxygens (including phenoxy) is 3. The van der Waals surface area contributed by atoms with E-state index in [4.69, 9.17) is 34.0 Å². The summed E-state index contributed by atoms with van der Waals surface area (Å²) in [7, 11) is 3.13. The molecule has 12 heteroatoms. The Labute approximate surface area is 185 Å². The highest BCUT2D eigenvalue weighted by Crippen LogP contribution is 2.28. The minimum absolute atomic E-state index is 0.0932. The number of amides is 2. The number of piperazine rings is 1. The van der Waals surface area contributed by atoms with E-state index >= 15 is 0 Å². The van der Waals surface area contributed by atoms with Gasteiger partial charge in [0.15, 0.2) is 0 Å². The Balaban J connectivity index is 0.000000751. The lowest BCUT2D eigenvalue weighted by Gasteiger charge is -2.33. The lowest BCUT2D eigenvalue weighted by atomic mass is 10.2. The number of carbonyl (C=O) groups is 4. The SMILES string of the molecule is CCOC(=O)N1CCN(CCC(=O)Nc2cc(OC)ccc2OC)CC1.O=C(O)C(=O)O. The van der Waals surface area contributed by atoms with Crippen LogP contribution in [0.2, 0.25) is 0 Å². The molecule has 32 heavy (non-hydrogen) atoms. The first-order valence-corrected chi connectivity index (χ1v) is 9.83. The van der Waals surface area contributed by atoms with Crippen LogP contribution in [0.1, 0.15) is 13.3 Å². The fraction of sp³-hybridized carbons (Fsp3) is 0.500. The van der Waals surface area contributed by atoms with Gasteiger partial charge in [-0.2, -0.15) is 0 Å². The molecular weight excluding hydrogens is 426 g/mol. The number of aliphatic carboxylic acids is 2. The maximum atomic E-state index is 12.3. The van der Waals surface area contributed by atoms with E-state index in [1.165, 1.54) is 0 Å². The molecule has 3 N–H and O–H groups in total. The van der Waals surface area contributed by atoms with Gasteiger partial charge >= 0.3 is 18.0 Å². The Morgan fingerprint density at radius 1 is 1.00 bits per heavy atom. The zero-order valence-corrected chi connectivity index (χ0v) is 18.3. The van der Waals surface area contributed by atoms with Crippen LogP contribution in [-0.2, 0) is 19.1 Å². The second kappa shape index (κ2) is 13.7. The number of benzene rings is 1. The van der Waals surface area contributed by atoms with Crippen LogP contribution >= 0.6 is 0 Å². The van der Waals surface area contributed by atoms with E-state index in [0.717, 1.165) is 13.1 Å². The van der Waals surface area contributed by atoms with Gasteiger partial charge in [0.05, 0.1) is 26.5 Å². The lowest BCUT2D eigenvalue weighted by molar-refractivity contribution is -0.159. The number of anilines is 1. The Bertz CT molecular complexity index is 781. The molecule has 1 aliphatic heterocycles. The molecular formula is C20H29N3O9. The highest BCUT2D eigenvalue weighted by molar-refractivity contribution is 6.27. The van der Waals surface area contributed by atoms with E-state index in [9.17, 15) is 9.59 Å². The van der Waals surface area contributed by atoms with Crippen molar-refractivity contribution in [3.05, 3.63) is 18.2 Å². The number of methoxy groups -OCH3 is 2. The molecule has 0 radical (unpaired) electrons. The first-order chi connectivity index (χ1) is 15.2. The summed E-state index contributed by atoms with van der Waals surface area (Å²) in [6.45, 7) is 5.50. The predicted octanol–water partition coefficient (Wildman–Crippen LogP) is 0.962. The fourth-order valence-electron chi connectivity index (χ4n) is 2.75. The highest BCUT2D eigenvalue weighted by Gasteiger charge is 2.22. The molecule has 1 aromatic rings. The van der Waals surface area contributed by atoms with Crippen LogP contribution in [0.15, 0.2) is 18.2 Å². The Morgan fingerprint density at radius 2 is 1.62 bits per heavy atom. The second-order valence-electron chi connectivity index (χ2n) is 6.50. The third-order valence-corrected chi connectivity index (χ3v) is 4.42. The number of hydrogen-bond acceptors (Lipinski definition) is 8. The molecule has 0 spiro atoms. The van der Waals surface area contributed by atoms with Crippen LogP contribution < -0.4 is 14.8 Å². The van der Waals surface area contributed by atoms with Gasteiger partial charge in [-0.1, -0.05) is 0 Å². The average molecular weight is 455 g/mol.